The molecule has 1 aromatic carbocycles. The Bertz CT molecular complexity index is 558. The molecule has 92 valence electrons. The van der Waals surface area contributed by atoms with Gasteiger partial charge >= 0.3 is 5.97 Å². The average Bonchev–Trinajstić information content (AvgIpc) is 2.41. The summed E-state index contributed by atoms with van der Waals surface area (Å²) in [6.07, 6.45) is 3.20. The second kappa shape index (κ2) is 5.76. The third-order valence-electron chi connectivity index (χ3n) is 2.24. The van der Waals surface area contributed by atoms with Crippen LogP contribution in [0.3, 0.4) is 0 Å². The number of aromatic nitrogens is 2. The number of rotatable bonds is 3. The molecule has 0 aliphatic carbocycles. The summed E-state index contributed by atoms with van der Waals surface area (Å²) < 4.78 is 5.56. The molecule has 0 radical (unpaired) electrons. The molecule has 1 N–H and O–H groups in total. The van der Waals surface area contributed by atoms with E-state index in [1.54, 1.807) is 30.5 Å². The molecule has 2 aromatic rings. The zero-order chi connectivity index (χ0) is 13.0. The zero-order valence-corrected chi connectivity index (χ0v) is 11.7. The Kier molecular flexibility index (Phi) is 4.08. The van der Waals surface area contributed by atoms with Crippen molar-refractivity contribution in [1.82, 2.24) is 9.97 Å². The fourth-order valence-corrected chi connectivity index (χ4v) is 1.78. The van der Waals surface area contributed by atoms with E-state index in [2.05, 4.69) is 42.6 Å². The van der Waals surface area contributed by atoms with Crippen LogP contribution in [0.15, 0.2) is 36.8 Å². The lowest BCUT2D eigenvalue weighted by atomic mass is 10.2. The van der Waals surface area contributed by atoms with Crippen molar-refractivity contribution >= 4 is 40.1 Å². The Hall–Kier alpha value is -1.70. The molecular formula is C12H10IN3O2. The van der Waals surface area contributed by atoms with Gasteiger partial charge in [-0.25, -0.2) is 14.8 Å². The van der Waals surface area contributed by atoms with E-state index < -0.39 is 0 Å². The van der Waals surface area contributed by atoms with Crippen molar-refractivity contribution in [2.24, 2.45) is 0 Å². The molecule has 0 saturated heterocycles. The molecule has 1 aromatic heterocycles. The number of nitrogens with zero attached hydrogens (tertiary/aromatic N) is 2. The lowest BCUT2D eigenvalue weighted by molar-refractivity contribution is 0.0601. The number of esters is 1. The monoisotopic (exact) mass is 355 g/mol. The van der Waals surface area contributed by atoms with Crippen molar-refractivity contribution < 1.29 is 9.53 Å². The van der Waals surface area contributed by atoms with E-state index in [9.17, 15) is 4.79 Å². The number of hydrogen-bond acceptors (Lipinski definition) is 5. The molecule has 0 saturated carbocycles. The second-order valence-electron chi connectivity index (χ2n) is 3.41. The summed E-state index contributed by atoms with van der Waals surface area (Å²) in [5.41, 5.74) is 1.36. The van der Waals surface area contributed by atoms with Gasteiger partial charge in [-0.3, -0.25) is 0 Å². The summed E-state index contributed by atoms with van der Waals surface area (Å²) in [6, 6.07) is 6.99. The van der Waals surface area contributed by atoms with Crippen LogP contribution < -0.4 is 5.32 Å². The van der Waals surface area contributed by atoms with Crippen molar-refractivity contribution in [3.8, 4) is 0 Å². The van der Waals surface area contributed by atoms with Gasteiger partial charge in [0.25, 0.3) is 0 Å². The molecule has 0 atom stereocenters. The van der Waals surface area contributed by atoms with Crippen LogP contribution in [-0.2, 0) is 4.74 Å². The summed E-state index contributed by atoms with van der Waals surface area (Å²) in [5, 5.41) is 3.15. The van der Waals surface area contributed by atoms with Gasteiger partial charge in [-0.1, -0.05) is 0 Å². The highest BCUT2D eigenvalue weighted by Gasteiger charge is 2.05. The largest absolute Gasteiger partial charge is 0.465 e. The summed E-state index contributed by atoms with van der Waals surface area (Å²) in [5.74, 6) is 0.384. The highest BCUT2D eigenvalue weighted by atomic mass is 127. The number of hydrogen-bond donors (Lipinski definition) is 1. The molecule has 0 unspecified atom stereocenters. The smallest absolute Gasteiger partial charge is 0.337 e. The van der Waals surface area contributed by atoms with Crippen LogP contribution in [0.25, 0.3) is 0 Å². The fourth-order valence-electron chi connectivity index (χ4n) is 1.35. The predicted molar refractivity (Wildman–Crippen MR) is 75.8 cm³/mol. The molecule has 0 fully saturated rings. The molecular weight excluding hydrogens is 345 g/mol. The van der Waals surface area contributed by atoms with E-state index in [1.807, 2.05) is 0 Å². The van der Waals surface area contributed by atoms with Crippen LogP contribution in [0.1, 0.15) is 10.4 Å². The molecule has 0 aliphatic rings. The number of benzene rings is 1. The second-order valence-corrected chi connectivity index (χ2v) is 4.58. The molecule has 0 aliphatic heterocycles. The van der Waals surface area contributed by atoms with Crippen LogP contribution in [0, 0.1) is 3.57 Å². The maximum atomic E-state index is 11.3. The molecule has 0 bridgehead atoms. The Morgan fingerprint density at radius 1 is 1.33 bits per heavy atom. The lowest BCUT2D eigenvalue weighted by Gasteiger charge is -2.07. The third kappa shape index (κ3) is 2.95. The van der Waals surface area contributed by atoms with Gasteiger partial charge in [0.2, 0.25) is 0 Å². The van der Waals surface area contributed by atoms with Gasteiger partial charge in [-0.15, -0.1) is 0 Å². The van der Waals surface area contributed by atoms with Crippen molar-refractivity contribution in [2.75, 3.05) is 12.4 Å². The van der Waals surface area contributed by atoms with Crippen molar-refractivity contribution in [2.45, 2.75) is 0 Å². The van der Waals surface area contributed by atoms with Crippen LogP contribution in [0.2, 0.25) is 0 Å². The van der Waals surface area contributed by atoms with Crippen LogP contribution in [0.5, 0.6) is 0 Å². The summed E-state index contributed by atoms with van der Waals surface area (Å²) in [6.45, 7) is 0. The number of ether oxygens (including phenoxy) is 1. The first-order valence-electron chi connectivity index (χ1n) is 5.11. The van der Waals surface area contributed by atoms with Gasteiger partial charge in [0.05, 0.1) is 16.2 Å². The summed E-state index contributed by atoms with van der Waals surface area (Å²) >= 11 is 2.15. The van der Waals surface area contributed by atoms with Gasteiger partial charge in [0.15, 0.2) is 0 Å². The molecule has 1 heterocycles. The van der Waals surface area contributed by atoms with Gasteiger partial charge in [-0.05, 0) is 46.9 Å². The molecule has 0 spiro atoms. The summed E-state index contributed by atoms with van der Waals surface area (Å²) in [7, 11) is 1.36. The minimum absolute atomic E-state index is 0.349. The molecule has 6 heteroatoms. The van der Waals surface area contributed by atoms with E-state index in [0.29, 0.717) is 5.56 Å². The molecule has 5 nitrogen and oxygen atoms in total. The van der Waals surface area contributed by atoms with E-state index >= 15 is 0 Å². The van der Waals surface area contributed by atoms with Crippen LogP contribution >= 0.6 is 22.6 Å². The van der Waals surface area contributed by atoms with E-state index in [-0.39, 0.29) is 5.97 Å². The number of carbonyl (C=O) groups is 1. The van der Waals surface area contributed by atoms with Crippen molar-refractivity contribution in [3.63, 3.8) is 0 Å². The standard InChI is InChI=1S/C12H10IN3O2/c1-18-12(17)8-2-4-9(5-3-8)16-11-10(13)6-14-7-15-11/h2-7H,1H3,(H,14,15,16). The van der Waals surface area contributed by atoms with Gasteiger partial charge < -0.3 is 10.1 Å². The Labute approximate surface area is 118 Å². The van der Waals surface area contributed by atoms with E-state index in [0.717, 1.165) is 15.1 Å². The van der Waals surface area contributed by atoms with Gasteiger partial charge in [0.1, 0.15) is 12.1 Å². The van der Waals surface area contributed by atoms with Crippen LogP contribution in [0.4, 0.5) is 11.5 Å². The number of halogens is 1. The number of anilines is 2. The predicted octanol–water partition coefficient (Wildman–Crippen LogP) is 2.61. The van der Waals surface area contributed by atoms with E-state index in [4.69, 9.17) is 0 Å². The quantitative estimate of drug-likeness (QED) is 0.677. The first-order chi connectivity index (χ1) is 8.70. The Morgan fingerprint density at radius 3 is 2.67 bits per heavy atom. The lowest BCUT2D eigenvalue weighted by Crippen LogP contribution is -2.01. The first-order valence-corrected chi connectivity index (χ1v) is 6.19. The Morgan fingerprint density at radius 2 is 2.06 bits per heavy atom. The number of carbonyl (C=O) groups excluding carboxylic acids is 1. The average molecular weight is 355 g/mol. The SMILES string of the molecule is COC(=O)c1ccc(Nc2ncncc2I)cc1. The highest BCUT2D eigenvalue weighted by Crippen LogP contribution is 2.19. The normalized spacial score (nSPS) is 9.89. The number of methoxy groups -OCH3 is 1. The maximum absolute atomic E-state index is 11.3. The zero-order valence-electron chi connectivity index (χ0n) is 9.55. The minimum Gasteiger partial charge on any atom is -0.465 e. The Balaban J connectivity index is 2.16. The molecule has 18 heavy (non-hydrogen) atoms. The number of nitrogens with one attached hydrogen (secondary N) is 1. The highest BCUT2D eigenvalue weighted by molar-refractivity contribution is 14.1. The van der Waals surface area contributed by atoms with Crippen molar-refractivity contribution in [1.29, 1.82) is 0 Å². The van der Waals surface area contributed by atoms with Gasteiger partial charge in [0, 0.05) is 11.9 Å². The topological polar surface area (TPSA) is 64.1 Å². The van der Waals surface area contributed by atoms with E-state index in [1.165, 1.54) is 13.4 Å². The van der Waals surface area contributed by atoms with Gasteiger partial charge in [-0.2, -0.15) is 0 Å². The molecule has 0 amide bonds. The van der Waals surface area contributed by atoms with Crippen LogP contribution in [-0.4, -0.2) is 23.0 Å². The fraction of sp³-hybridized carbons (Fsp3) is 0.0833. The third-order valence-corrected chi connectivity index (χ3v) is 3.03. The molecule has 2 rings (SSSR count). The van der Waals surface area contributed by atoms with Crippen molar-refractivity contribution in [3.05, 3.63) is 45.9 Å². The minimum atomic E-state index is -0.349. The first kappa shape index (κ1) is 12.7. The summed E-state index contributed by atoms with van der Waals surface area (Å²) in [4.78, 5) is 19.3. The maximum Gasteiger partial charge on any atom is 0.337 e.